The molecule has 0 spiro atoms. The summed E-state index contributed by atoms with van der Waals surface area (Å²) in [5.74, 6) is 0.470. The Hall–Kier alpha value is -0.450. The van der Waals surface area contributed by atoms with Gasteiger partial charge in [0.2, 0.25) is 0 Å². The van der Waals surface area contributed by atoms with Crippen molar-refractivity contribution < 1.29 is 4.74 Å². The Labute approximate surface area is 114 Å². The molecule has 0 aliphatic carbocycles. The molecule has 102 valence electrons. The van der Waals surface area contributed by atoms with Crippen LogP contribution >= 0.6 is 11.3 Å². The van der Waals surface area contributed by atoms with Gasteiger partial charge in [-0.2, -0.15) is 0 Å². The van der Waals surface area contributed by atoms with Gasteiger partial charge in [0.05, 0.1) is 16.2 Å². The maximum atomic E-state index is 6.20. The van der Waals surface area contributed by atoms with E-state index in [-0.39, 0.29) is 11.2 Å². The van der Waals surface area contributed by atoms with Crippen molar-refractivity contribution in [2.45, 2.75) is 58.3 Å². The van der Waals surface area contributed by atoms with E-state index in [0.29, 0.717) is 12.0 Å². The summed E-state index contributed by atoms with van der Waals surface area (Å²) in [7, 11) is 2.03. The Kier molecular flexibility index (Phi) is 3.56. The Morgan fingerprint density at radius 3 is 2.50 bits per heavy atom. The van der Waals surface area contributed by atoms with E-state index in [1.807, 2.05) is 13.2 Å². The van der Waals surface area contributed by atoms with E-state index in [4.69, 9.17) is 4.74 Å². The van der Waals surface area contributed by atoms with Crippen LogP contribution in [0.5, 0.6) is 0 Å². The third kappa shape index (κ3) is 2.60. The molecule has 1 saturated heterocycles. The van der Waals surface area contributed by atoms with Crippen LogP contribution in [0, 0.1) is 12.8 Å². The molecular weight excluding hydrogens is 244 g/mol. The molecule has 2 atom stereocenters. The Bertz CT molecular complexity index is 425. The third-order valence-corrected chi connectivity index (χ3v) is 4.80. The van der Waals surface area contributed by atoms with E-state index in [9.17, 15) is 0 Å². The maximum Gasteiger partial charge on any atom is 0.0897 e. The van der Waals surface area contributed by atoms with Gasteiger partial charge in [-0.15, -0.1) is 11.3 Å². The highest BCUT2D eigenvalue weighted by Crippen LogP contribution is 2.48. The van der Waals surface area contributed by atoms with Gasteiger partial charge in [0, 0.05) is 23.0 Å². The summed E-state index contributed by atoms with van der Waals surface area (Å²) in [4.78, 5) is 5.69. The van der Waals surface area contributed by atoms with E-state index >= 15 is 0 Å². The second kappa shape index (κ2) is 4.58. The van der Waals surface area contributed by atoms with Crippen LogP contribution in [0.3, 0.4) is 0 Å². The van der Waals surface area contributed by atoms with Gasteiger partial charge in [0.25, 0.3) is 0 Å². The SMILES string of the molecule is CNC(c1cnc(C)s1)C1CC(C)(C)OC1(C)C. The van der Waals surface area contributed by atoms with E-state index in [1.165, 1.54) is 4.88 Å². The summed E-state index contributed by atoms with van der Waals surface area (Å²) in [5, 5.41) is 4.58. The van der Waals surface area contributed by atoms with Gasteiger partial charge in [-0.3, -0.25) is 0 Å². The zero-order chi connectivity index (χ0) is 13.6. The minimum atomic E-state index is -0.102. The van der Waals surface area contributed by atoms with Crippen molar-refractivity contribution in [1.29, 1.82) is 0 Å². The van der Waals surface area contributed by atoms with Crippen molar-refractivity contribution >= 4 is 11.3 Å². The molecule has 0 amide bonds. The van der Waals surface area contributed by atoms with Crippen LogP contribution < -0.4 is 5.32 Å². The highest BCUT2D eigenvalue weighted by Gasteiger charge is 2.49. The minimum absolute atomic E-state index is 0.0387. The maximum absolute atomic E-state index is 6.20. The number of aromatic nitrogens is 1. The molecule has 3 nitrogen and oxygen atoms in total. The van der Waals surface area contributed by atoms with E-state index in [2.05, 4.69) is 44.9 Å². The number of rotatable bonds is 3. The van der Waals surface area contributed by atoms with Gasteiger partial charge in [-0.1, -0.05) is 0 Å². The average Bonchev–Trinajstić information content (AvgIpc) is 2.70. The predicted octanol–water partition coefficient (Wildman–Crippen LogP) is 3.31. The van der Waals surface area contributed by atoms with Crippen molar-refractivity contribution in [3.8, 4) is 0 Å². The molecule has 1 fully saturated rings. The molecule has 0 radical (unpaired) electrons. The molecule has 2 unspecified atom stereocenters. The lowest BCUT2D eigenvalue weighted by Crippen LogP contribution is -2.36. The molecule has 1 N–H and O–H groups in total. The van der Waals surface area contributed by atoms with Crippen molar-refractivity contribution in [2.24, 2.45) is 5.92 Å². The number of thiazole rings is 1. The first kappa shape index (κ1) is 14.0. The molecule has 2 rings (SSSR count). The van der Waals surface area contributed by atoms with Gasteiger partial charge in [0.1, 0.15) is 0 Å². The second-order valence-corrected chi connectivity index (χ2v) is 7.59. The summed E-state index contributed by atoms with van der Waals surface area (Å²) in [6.45, 7) is 10.8. The zero-order valence-corrected chi connectivity index (χ0v) is 13.0. The Morgan fingerprint density at radius 1 is 1.44 bits per heavy atom. The lowest BCUT2D eigenvalue weighted by Gasteiger charge is -2.32. The van der Waals surface area contributed by atoms with Crippen molar-refractivity contribution in [2.75, 3.05) is 7.05 Å². The number of ether oxygens (including phenoxy) is 1. The van der Waals surface area contributed by atoms with Crippen LogP contribution in [0.2, 0.25) is 0 Å². The van der Waals surface area contributed by atoms with Crippen molar-refractivity contribution in [3.05, 3.63) is 16.1 Å². The first-order chi connectivity index (χ1) is 8.25. The first-order valence-electron chi connectivity index (χ1n) is 6.55. The summed E-state index contributed by atoms with van der Waals surface area (Å²) in [6, 6.07) is 0.327. The zero-order valence-electron chi connectivity index (χ0n) is 12.2. The molecule has 18 heavy (non-hydrogen) atoms. The molecule has 1 aromatic rings. The molecule has 1 aromatic heterocycles. The lowest BCUT2D eigenvalue weighted by atomic mass is 9.81. The molecule has 0 saturated carbocycles. The molecule has 1 aliphatic rings. The third-order valence-electron chi connectivity index (χ3n) is 3.80. The second-order valence-electron chi connectivity index (χ2n) is 6.32. The standard InChI is InChI=1S/C14H24N2OS/c1-9-16-8-11(18-9)12(15-6)10-7-13(2,3)17-14(10,4)5/h8,10,12,15H,7H2,1-6H3. The highest BCUT2D eigenvalue weighted by atomic mass is 32.1. The van der Waals surface area contributed by atoms with E-state index in [1.54, 1.807) is 11.3 Å². The highest BCUT2D eigenvalue weighted by molar-refractivity contribution is 7.11. The lowest BCUT2D eigenvalue weighted by molar-refractivity contribution is -0.0775. The summed E-state index contributed by atoms with van der Waals surface area (Å²) < 4.78 is 6.20. The van der Waals surface area contributed by atoms with Crippen LogP contribution in [-0.4, -0.2) is 23.2 Å². The molecule has 4 heteroatoms. The molecule has 0 aromatic carbocycles. The quantitative estimate of drug-likeness (QED) is 0.913. The summed E-state index contributed by atoms with van der Waals surface area (Å²) in [5.41, 5.74) is -0.141. The fraction of sp³-hybridized carbons (Fsp3) is 0.786. The topological polar surface area (TPSA) is 34.2 Å². The van der Waals surface area contributed by atoms with Crippen LogP contribution in [0.1, 0.15) is 50.0 Å². The van der Waals surface area contributed by atoms with E-state index in [0.717, 1.165) is 11.4 Å². The Morgan fingerprint density at radius 2 is 2.11 bits per heavy atom. The smallest absolute Gasteiger partial charge is 0.0897 e. The summed E-state index contributed by atoms with van der Waals surface area (Å²) in [6.07, 6.45) is 3.07. The van der Waals surface area contributed by atoms with Crippen molar-refractivity contribution in [1.82, 2.24) is 10.3 Å². The van der Waals surface area contributed by atoms with Gasteiger partial charge in [-0.05, 0) is 48.1 Å². The minimum Gasteiger partial charge on any atom is -0.369 e. The average molecular weight is 268 g/mol. The van der Waals surface area contributed by atoms with E-state index < -0.39 is 0 Å². The fourth-order valence-corrected chi connectivity index (χ4v) is 4.15. The molecule has 1 aliphatic heterocycles. The molecule has 2 heterocycles. The predicted molar refractivity (Wildman–Crippen MR) is 76.0 cm³/mol. The van der Waals surface area contributed by atoms with Crippen LogP contribution in [0.25, 0.3) is 0 Å². The fourth-order valence-electron chi connectivity index (χ4n) is 3.19. The largest absolute Gasteiger partial charge is 0.369 e. The normalized spacial score (nSPS) is 27.3. The van der Waals surface area contributed by atoms with Crippen LogP contribution in [0.15, 0.2) is 6.20 Å². The summed E-state index contributed by atoms with van der Waals surface area (Å²) >= 11 is 1.78. The van der Waals surface area contributed by atoms with Crippen molar-refractivity contribution in [3.63, 3.8) is 0 Å². The van der Waals surface area contributed by atoms with Gasteiger partial charge >= 0.3 is 0 Å². The number of nitrogens with zero attached hydrogens (tertiary/aromatic N) is 1. The molecule has 0 bridgehead atoms. The number of aryl methyl sites for hydroxylation is 1. The van der Waals surface area contributed by atoms with Gasteiger partial charge in [0.15, 0.2) is 0 Å². The van der Waals surface area contributed by atoms with Crippen LogP contribution in [-0.2, 0) is 4.74 Å². The monoisotopic (exact) mass is 268 g/mol. The number of hydrogen-bond acceptors (Lipinski definition) is 4. The van der Waals surface area contributed by atoms with Gasteiger partial charge in [-0.25, -0.2) is 4.98 Å². The number of nitrogens with one attached hydrogen (secondary N) is 1. The molecular formula is C14H24N2OS. The Balaban J connectivity index is 2.28. The van der Waals surface area contributed by atoms with Crippen LogP contribution in [0.4, 0.5) is 0 Å². The first-order valence-corrected chi connectivity index (χ1v) is 7.36. The number of hydrogen-bond donors (Lipinski definition) is 1. The van der Waals surface area contributed by atoms with Gasteiger partial charge < -0.3 is 10.1 Å².